The number of pyridine rings is 1. The van der Waals surface area contributed by atoms with Gasteiger partial charge in [-0.15, -0.1) is 0 Å². The van der Waals surface area contributed by atoms with Gasteiger partial charge in [-0.25, -0.2) is 0 Å². The summed E-state index contributed by atoms with van der Waals surface area (Å²) in [6.07, 6.45) is 12.1. The molecule has 4 aromatic rings. The topological polar surface area (TPSA) is 46.9 Å². The van der Waals surface area contributed by atoms with Crippen molar-refractivity contribution in [2.75, 3.05) is 11.9 Å². The van der Waals surface area contributed by atoms with Crippen LogP contribution in [-0.4, -0.2) is 29.8 Å². The molecular formula is C28H33N3OSe. The fourth-order valence-electron chi connectivity index (χ4n) is 5.04. The quantitative estimate of drug-likeness (QED) is 0.214. The number of nitrogens with zero attached hydrogens (tertiary/aromatic N) is 2. The summed E-state index contributed by atoms with van der Waals surface area (Å²) < 4.78 is 3.31. The number of aromatic nitrogens is 2. The van der Waals surface area contributed by atoms with Crippen molar-refractivity contribution in [2.45, 2.75) is 70.8 Å². The van der Waals surface area contributed by atoms with Crippen LogP contribution in [-0.2, 0) is 19.4 Å². The van der Waals surface area contributed by atoms with Crippen LogP contribution in [0.15, 0.2) is 53.3 Å². The molecule has 0 aliphatic heterocycles. The third-order valence-electron chi connectivity index (χ3n) is 6.81. The van der Waals surface area contributed by atoms with Crippen molar-refractivity contribution in [3.05, 3.63) is 70.1 Å². The fourth-order valence-corrected chi connectivity index (χ4v) is 7.21. The molecule has 0 fully saturated rings. The zero-order valence-corrected chi connectivity index (χ0v) is 21.0. The molecule has 2 aromatic heterocycles. The normalized spacial score (nSPS) is 13.5. The van der Waals surface area contributed by atoms with E-state index in [1.54, 1.807) is 0 Å². The number of hydrogen-bond acceptors (Lipinski definition) is 3. The Balaban J connectivity index is 1.05. The van der Waals surface area contributed by atoms with Crippen molar-refractivity contribution in [3.8, 4) is 0 Å². The number of fused-ring (bicyclic) bond motifs is 3. The first kappa shape index (κ1) is 22.4. The summed E-state index contributed by atoms with van der Waals surface area (Å²) in [6.45, 7) is 1.94. The number of benzene rings is 2. The summed E-state index contributed by atoms with van der Waals surface area (Å²) in [4.78, 5) is 17.4. The molecule has 0 atom stereocenters. The van der Waals surface area contributed by atoms with Crippen LogP contribution >= 0.6 is 0 Å². The Kier molecular flexibility index (Phi) is 7.28. The van der Waals surface area contributed by atoms with Crippen LogP contribution in [0.3, 0.4) is 0 Å². The molecule has 1 N–H and O–H groups in total. The third kappa shape index (κ3) is 5.10. The molecule has 33 heavy (non-hydrogen) atoms. The monoisotopic (exact) mass is 507 g/mol. The van der Waals surface area contributed by atoms with Crippen LogP contribution in [0.25, 0.3) is 20.5 Å². The average Bonchev–Trinajstić information content (AvgIpc) is 3.17. The third-order valence-corrected chi connectivity index (χ3v) is 9.16. The molecule has 0 radical (unpaired) electrons. The van der Waals surface area contributed by atoms with Gasteiger partial charge in [0.1, 0.15) is 0 Å². The number of para-hydroxylation sites is 1. The van der Waals surface area contributed by atoms with Crippen LogP contribution < -0.4 is 10.9 Å². The molecule has 0 saturated heterocycles. The van der Waals surface area contributed by atoms with E-state index in [9.17, 15) is 4.79 Å². The van der Waals surface area contributed by atoms with E-state index in [2.05, 4.69) is 39.2 Å². The van der Waals surface area contributed by atoms with Gasteiger partial charge in [-0.1, -0.05) is 18.2 Å². The van der Waals surface area contributed by atoms with Gasteiger partial charge in [-0.05, 0) is 31.7 Å². The van der Waals surface area contributed by atoms with Crippen LogP contribution in [0.1, 0.15) is 62.6 Å². The number of hydrogen-bond donors (Lipinski definition) is 1. The van der Waals surface area contributed by atoms with Crippen LogP contribution in [0.2, 0.25) is 0 Å². The Labute approximate surface area is 202 Å². The van der Waals surface area contributed by atoms with E-state index in [0.717, 1.165) is 43.3 Å². The molecule has 5 rings (SSSR count). The summed E-state index contributed by atoms with van der Waals surface area (Å²) in [5.41, 5.74) is 5.47. The molecule has 2 heterocycles. The Bertz CT molecular complexity index is 1290. The molecule has 0 amide bonds. The van der Waals surface area contributed by atoms with Crippen molar-refractivity contribution < 1.29 is 0 Å². The first-order chi connectivity index (χ1) is 16.3. The second kappa shape index (κ2) is 10.7. The van der Waals surface area contributed by atoms with Gasteiger partial charge in [0.15, 0.2) is 0 Å². The molecular weight excluding hydrogens is 473 g/mol. The van der Waals surface area contributed by atoms with Crippen molar-refractivity contribution in [3.63, 3.8) is 0 Å². The minimum atomic E-state index is 0.176. The minimum Gasteiger partial charge on any atom is -0.252 e. The summed E-state index contributed by atoms with van der Waals surface area (Å²) >= 11 is 0.176. The number of aryl methyl sites for hydroxylation is 2. The Morgan fingerprint density at radius 2 is 1.58 bits per heavy atom. The van der Waals surface area contributed by atoms with E-state index in [1.165, 1.54) is 71.5 Å². The van der Waals surface area contributed by atoms with Gasteiger partial charge in [0.25, 0.3) is 0 Å². The molecule has 172 valence electrons. The van der Waals surface area contributed by atoms with Gasteiger partial charge in [-0.2, -0.15) is 0 Å². The van der Waals surface area contributed by atoms with E-state index < -0.39 is 0 Å². The second-order valence-electron chi connectivity index (χ2n) is 9.18. The zero-order chi connectivity index (χ0) is 22.5. The van der Waals surface area contributed by atoms with Crippen LogP contribution in [0.5, 0.6) is 0 Å². The van der Waals surface area contributed by atoms with Crippen molar-refractivity contribution in [2.24, 2.45) is 0 Å². The molecule has 0 spiro atoms. The Morgan fingerprint density at radius 3 is 2.45 bits per heavy atom. The van der Waals surface area contributed by atoms with Gasteiger partial charge in [0.2, 0.25) is 0 Å². The van der Waals surface area contributed by atoms with Gasteiger partial charge in [0, 0.05) is 5.69 Å². The molecule has 2 aromatic carbocycles. The Morgan fingerprint density at radius 1 is 0.848 bits per heavy atom. The van der Waals surface area contributed by atoms with Crippen LogP contribution in [0, 0.1) is 0 Å². The van der Waals surface area contributed by atoms with Crippen molar-refractivity contribution in [1.29, 1.82) is 0 Å². The number of anilines is 1. The predicted octanol–water partition coefficient (Wildman–Crippen LogP) is 5.94. The van der Waals surface area contributed by atoms with Crippen molar-refractivity contribution in [1.82, 2.24) is 8.55 Å². The van der Waals surface area contributed by atoms with Gasteiger partial charge in [-0.3, -0.25) is 4.98 Å². The minimum absolute atomic E-state index is 0.176. The fraction of sp³-hybridized carbons (Fsp3) is 0.429. The van der Waals surface area contributed by atoms with E-state index in [4.69, 9.17) is 4.98 Å². The molecule has 0 saturated carbocycles. The van der Waals surface area contributed by atoms with Gasteiger partial charge < -0.3 is 0 Å². The molecule has 1 aliphatic rings. The van der Waals surface area contributed by atoms with Gasteiger partial charge in [0.05, 0.1) is 5.52 Å². The van der Waals surface area contributed by atoms with E-state index in [1.807, 2.05) is 18.2 Å². The molecule has 5 heteroatoms. The first-order valence-electron chi connectivity index (χ1n) is 12.5. The predicted molar refractivity (Wildman–Crippen MR) is 140 cm³/mol. The zero-order valence-electron chi connectivity index (χ0n) is 19.3. The number of nitrogens with one attached hydrogen (secondary N) is 1. The standard InChI is InChI=1S/C28H33N3OSe/c32-28-23-15-7-10-18-26(23)33-31(28)20-12-4-2-1-3-11-19-29-27-21-13-5-8-16-24(21)30-25-17-9-6-14-22(25)27/h5,7-8,10,13,15-16,18H,1-4,6,9,11-12,14,17,19-20H2,(H,29,30). The SMILES string of the molecule is O=c1c2ccccc2[se]n1CCCCCCCCNc1c2c(nc3ccccc13)CCCC2. The second-order valence-corrected chi connectivity index (χ2v) is 11.4. The average molecular weight is 507 g/mol. The summed E-state index contributed by atoms with van der Waals surface area (Å²) in [7, 11) is 0. The number of rotatable bonds is 10. The van der Waals surface area contributed by atoms with E-state index in [0.29, 0.717) is 0 Å². The summed E-state index contributed by atoms with van der Waals surface area (Å²) in [5, 5.41) is 5.99. The van der Waals surface area contributed by atoms with Crippen LogP contribution in [0.4, 0.5) is 5.69 Å². The van der Waals surface area contributed by atoms with E-state index >= 15 is 0 Å². The number of unbranched alkanes of at least 4 members (excludes halogenated alkanes) is 5. The smallest absolute Gasteiger partial charge is 0.252 e. The molecule has 0 bridgehead atoms. The van der Waals surface area contributed by atoms with Gasteiger partial charge >= 0.3 is 136 Å². The summed E-state index contributed by atoms with van der Waals surface area (Å²) in [6, 6.07) is 16.7. The first-order valence-corrected chi connectivity index (χ1v) is 14.2. The molecule has 1 aliphatic carbocycles. The molecule has 0 unspecified atom stereocenters. The maximum absolute atomic E-state index is 12.5. The molecule has 4 nitrogen and oxygen atoms in total. The Hall–Kier alpha value is -2.36. The van der Waals surface area contributed by atoms with Crippen molar-refractivity contribution >= 4 is 41.0 Å². The maximum atomic E-state index is 12.5. The summed E-state index contributed by atoms with van der Waals surface area (Å²) in [5.74, 6) is 0. The van der Waals surface area contributed by atoms with E-state index in [-0.39, 0.29) is 20.3 Å².